The van der Waals surface area contributed by atoms with E-state index in [4.69, 9.17) is 0 Å². The van der Waals surface area contributed by atoms with Gasteiger partial charge in [0.05, 0.1) is 6.54 Å². The highest BCUT2D eigenvalue weighted by Crippen LogP contribution is 2.21. The number of rotatable bonds is 2. The highest BCUT2D eigenvalue weighted by molar-refractivity contribution is 5.74. The molecule has 0 saturated carbocycles. The first-order chi connectivity index (χ1) is 11.1. The molecule has 0 unspecified atom stereocenters. The number of carbonyl (C=O) groups excluding carboxylic acids is 1. The van der Waals surface area contributed by atoms with Crippen molar-refractivity contribution in [1.82, 2.24) is 25.0 Å². The van der Waals surface area contributed by atoms with Gasteiger partial charge in [-0.1, -0.05) is 19.8 Å². The maximum absolute atomic E-state index is 12.6. The lowest BCUT2D eigenvalue weighted by molar-refractivity contribution is 0.172. The minimum Gasteiger partial charge on any atom is -0.331 e. The van der Waals surface area contributed by atoms with Gasteiger partial charge >= 0.3 is 6.03 Å². The molecule has 2 atom stereocenters. The average Bonchev–Trinajstić information content (AvgIpc) is 2.69. The molecule has 6 heteroatoms. The third-order valence-electron chi connectivity index (χ3n) is 5.20. The number of hydrogen-bond donors (Lipinski definition) is 1. The molecule has 1 fully saturated rings. The Kier molecular flexibility index (Phi) is 5.18. The van der Waals surface area contributed by atoms with E-state index < -0.39 is 0 Å². The molecule has 23 heavy (non-hydrogen) atoms. The fraction of sp³-hybridized carbons (Fsp3) is 0.824. The van der Waals surface area contributed by atoms with Crippen molar-refractivity contribution in [1.29, 1.82) is 0 Å². The largest absolute Gasteiger partial charge is 0.331 e. The van der Waals surface area contributed by atoms with Gasteiger partial charge in [0.1, 0.15) is 5.82 Å². The second kappa shape index (κ2) is 7.32. The monoisotopic (exact) mass is 319 g/mol. The van der Waals surface area contributed by atoms with Crippen molar-refractivity contribution >= 4 is 6.03 Å². The molecular formula is C17H29N5O. The van der Waals surface area contributed by atoms with Gasteiger partial charge in [0.2, 0.25) is 0 Å². The van der Waals surface area contributed by atoms with Crippen molar-refractivity contribution < 1.29 is 4.79 Å². The third kappa shape index (κ3) is 3.85. The van der Waals surface area contributed by atoms with Crippen LogP contribution in [0.15, 0.2) is 0 Å². The number of aryl methyl sites for hydroxylation is 1. The number of fused-ring (bicyclic) bond motifs is 1. The zero-order chi connectivity index (χ0) is 16.2. The molecule has 0 radical (unpaired) electrons. The van der Waals surface area contributed by atoms with Crippen molar-refractivity contribution in [3.63, 3.8) is 0 Å². The molecule has 1 aromatic heterocycles. The minimum atomic E-state index is 0.0391. The molecule has 3 heterocycles. The lowest BCUT2D eigenvalue weighted by Gasteiger charge is -2.28. The normalized spacial score (nSPS) is 25.4. The van der Waals surface area contributed by atoms with Crippen LogP contribution in [0, 0.1) is 5.92 Å². The van der Waals surface area contributed by atoms with E-state index in [-0.39, 0.29) is 6.03 Å². The maximum Gasteiger partial charge on any atom is 0.318 e. The van der Waals surface area contributed by atoms with Gasteiger partial charge in [0.15, 0.2) is 5.82 Å². The van der Waals surface area contributed by atoms with Gasteiger partial charge in [-0.05, 0) is 38.5 Å². The molecule has 0 aliphatic carbocycles. The van der Waals surface area contributed by atoms with E-state index in [1.165, 1.54) is 32.1 Å². The Morgan fingerprint density at radius 1 is 1.17 bits per heavy atom. The van der Waals surface area contributed by atoms with Gasteiger partial charge in [-0.3, -0.25) is 0 Å². The molecular weight excluding hydrogens is 290 g/mol. The number of nitrogens with one attached hydrogen (secondary N) is 1. The molecule has 2 aliphatic heterocycles. The number of amides is 2. The van der Waals surface area contributed by atoms with Gasteiger partial charge in [-0.2, -0.15) is 0 Å². The summed E-state index contributed by atoms with van der Waals surface area (Å²) in [5.74, 6) is 2.55. The van der Waals surface area contributed by atoms with Crippen LogP contribution >= 0.6 is 0 Å². The fourth-order valence-corrected chi connectivity index (χ4v) is 3.74. The highest BCUT2D eigenvalue weighted by atomic mass is 16.2. The van der Waals surface area contributed by atoms with Crippen LogP contribution in [-0.4, -0.2) is 38.3 Å². The molecule has 1 saturated heterocycles. The van der Waals surface area contributed by atoms with Crippen molar-refractivity contribution in [2.45, 2.75) is 77.9 Å². The van der Waals surface area contributed by atoms with Gasteiger partial charge in [-0.25, -0.2) is 4.79 Å². The number of carbonyl (C=O) groups is 1. The predicted molar refractivity (Wildman–Crippen MR) is 89.0 cm³/mol. The lowest BCUT2D eigenvalue weighted by atomic mass is 10.1. The zero-order valence-electron chi connectivity index (χ0n) is 14.4. The number of likely N-dealkylation sites (tertiary alicyclic amines) is 1. The van der Waals surface area contributed by atoms with Gasteiger partial charge in [0, 0.05) is 25.6 Å². The maximum atomic E-state index is 12.6. The molecule has 1 aromatic rings. The van der Waals surface area contributed by atoms with Crippen LogP contribution in [0.25, 0.3) is 0 Å². The van der Waals surface area contributed by atoms with Crippen molar-refractivity contribution in [3.05, 3.63) is 11.6 Å². The van der Waals surface area contributed by atoms with Crippen molar-refractivity contribution in [2.24, 2.45) is 5.92 Å². The Morgan fingerprint density at radius 2 is 2.04 bits per heavy atom. The Balaban J connectivity index is 1.61. The van der Waals surface area contributed by atoms with Crippen LogP contribution in [0.3, 0.4) is 0 Å². The van der Waals surface area contributed by atoms with Crippen LogP contribution in [0.2, 0.25) is 0 Å². The predicted octanol–water partition coefficient (Wildman–Crippen LogP) is 2.72. The number of urea groups is 1. The molecule has 128 valence electrons. The minimum absolute atomic E-state index is 0.0391. The number of nitrogens with zero attached hydrogens (tertiary/aromatic N) is 4. The average molecular weight is 319 g/mol. The van der Waals surface area contributed by atoms with Crippen molar-refractivity contribution in [3.8, 4) is 0 Å². The smallest absolute Gasteiger partial charge is 0.318 e. The van der Waals surface area contributed by atoms with E-state index in [2.05, 4.69) is 33.9 Å². The van der Waals surface area contributed by atoms with Gasteiger partial charge in [-0.15, -0.1) is 10.2 Å². The second-order valence-corrected chi connectivity index (χ2v) is 7.19. The summed E-state index contributed by atoms with van der Waals surface area (Å²) in [5.41, 5.74) is 0. The van der Waals surface area contributed by atoms with Crippen LogP contribution in [0.5, 0.6) is 0 Å². The molecule has 0 spiro atoms. The number of hydrogen-bond acceptors (Lipinski definition) is 3. The molecule has 0 aromatic carbocycles. The molecule has 2 aliphatic rings. The van der Waals surface area contributed by atoms with Gasteiger partial charge in [0.25, 0.3) is 0 Å². The molecule has 3 rings (SSSR count). The Bertz CT molecular complexity index is 541. The Hall–Kier alpha value is -1.59. The SMILES string of the molecule is C[C@H]1CCC[C@H](C)N(C(=O)NCc2nnc3n2CCCCC3)C1. The van der Waals surface area contributed by atoms with Gasteiger partial charge < -0.3 is 14.8 Å². The van der Waals surface area contributed by atoms with Crippen LogP contribution < -0.4 is 5.32 Å². The summed E-state index contributed by atoms with van der Waals surface area (Å²) in [5, 5.41) is 11.7. The van der Waals surface area contributed by atoms with E-state index in [0.717, 1.165) is 37.6 Å². The van der Waals surface area contributed by atoms with E-state index >= 15 is 0 Å². The molecule has 2 amide bonds. The molecule has 0 bridgehead atoms. The first kappa shape index (κ1) is 16.3. The van der Waals surface area contributed by atoms with E-state index in [9.17, 15) is 4.79 Å². The van der Waals surface area contributed by atoms with Crippen LogP contribution in [-0.2, 0) is 19.5 Å². The van der Waals surface area contributed by atoms with Crippen molar-refractivity contribution in [2.75, 3.05) is 6.54 Å². The summed E-state index contributed by atoms with van der Waals surface area (Å²) in [6.45, 7) is 6.69. The standard InChI is InChI=1S/C17H29N5O/c1-13-7-6-8-14(2)22(12-13)17(23)18-11-16-20-19-15-9-4-3-5-10-21(15)16/h13-14H,3-12H2,1-2H3,(H,18,23)/t13-,14-/m0/s1. The summed E-state index contributed by atoms with van der Waals surface area (Å²) < 4.78 is 2.20. The molecule has 1 N–H and O–H groups in total. The first-order valence-electron chi connectivity index (χ1n) is 9.10. The molecule has 6 nitrogen and oxygen atoms in total. The summed E-state index contributed by atoms with van der Waals surface area (Å²) >= 11 is 0. The summed E-state index contributed by atoms with van der Waals surface area (Å²) in [6.07, 6.45) is 8.13. The fourth-order valence-electron chi connectivity index (χ4n) is 3.74. The lowest BCUT2D eigenvalue weighted by Crippen LogP contribution is -2.45. The van der Waals surface area contributed by atoms with Crippen LogP contribution in [0.1, 0.15) is 64.0 Å². The van der Waals surface area contributed by atoms with E-state index in [0.29, 0.717) is 18.5 Å². The topological polar surface area (TPSA) is 63.1 Å². The second-order valence-electron chi connectivity index (χ2n) is 7.19. The highest BCUT2D eigenvalue weighted by Gasteiger charge is 2.25. The Morgan fingerprint density at radius 3 is 2.91 bits per heavy atom. The summed E-state index contributed by atoms with van der Waals surface area (Å²) in [7, 11) is 0. The Labute approximate surface area is 138 Å². The zero-order valence-corrected chi connectivity index (χ0v) is 14.4. The number of aromatic nitrogens is 3. The third-order valence-corrected chi connectivity index (χ3v) is 5.20. The van der Waals surface area contributed by atoms with Crippen LogP contribution in [0.4, 0.5) is 4.79 Å². The quantitative estimate of drug-likeness (QED) is 0.911. The summed E-state index contributed by atoms with van der Waals surface area (Å²) in [6, 6.07) is 0.354. The first-order valence-corrected chi connectivity index (χ1v) is 9.10. The van der Waals surface area contributed by atoms with E-state index in [1.807, 2.05) is 4.90 Å². The van der Waals surface area contributed by atoms with E-state index in [1.54, 1.807) is 0 Å². The summed E-state index contributed by atoms with van der Waals surface area (Å²) in [4.78, 5) is 14.6.